The number of hydrogen-bond donors (Lipinski definition) is 1. The summed E-state index contributed by atoms with van der Waals surface area (Å²) in [5, 5.41) is 4.29. The molecule has 0 amide bonds. The van der Waals surface area contributed by atoms with E-state index < -0.39 is 0 Å². The molecule has 21 heavy (non-hydrogen) atoms. The van der Waals surface area contributed by atoms with Crippen molar-refractivity contribution in [2.45, 2.75) is 0 Å². The van der Waals surface area contributed by atoms with Crippen LogP contribution in [0.3, 0.4) is 0 Å². The molecule has 0 aliphatic heterocycles. The molecule has 0 fully saturated rings. The van der Waals surface area contributed by atoms with Crippen LogP contribution >= 0.6 is 0 Å². The van der Waals surface area contributed by atoms with Gasteiger partial charge in [-0.25, -0.2) is 0 Å². The molecule has 0 bridgehead atoms. The molecule has 0 spiro atoms. The summed E-state index contributed by atoms with van der Waals surface area (Å²) in [4.78, 5) is 0. The fourth-order valence-corrected chi connectivity index (χ4v) is 2.17. The monoisotopic (exact) mass is 279 g/mol. The summed E-state index contributed by atoms with van der Waals surface area (Å²) < 4.78 is 10.8. The van der Waals surface area contributed by atoms with Crippen LogP contribution in [0.15, 0.2) is 59.0 Å². The minimum Gasteiger partial charge on any atom is -0.457 e. The minimum absolute atomic E-state index is 0.497. The number of hydrogen-bond acceptors (Lipinski definition) is 3. The van der Waals surface area contributed by atoms with E-state index in [0.717, 1.165) is 28.0 Å². The molecule has 3 rings (SSSR count). The van der Waals surface area contributed by atoms with Crippen molar-refractivity contribution in [2.75, 3.05) is 19.2 Å². The average molecular weight is 279 g/mol. The topological polar surface area (TPSA) is 34.4 Å². The first-order valence-corrected chi connectivity index (χ1v) is 6.85. The van der Waals surface area contributed by atoms with Crippen LogP contribution in [0.5, 0.6) is 0 Å². The molecule has 1 heterocycles. The van der Waals surface area contributed by atoms with E-state index in [1.165, 1.54) is 0 Å². The fourth-order valence-electron chi connectivity index (χ4n) is 2.17. The average Bonchev–Trinajstić information content (AvgIpc) is 2.94. The zero-order valence-corrected chi connectivity index (χ0v) is 11.9. The zero-order valence-electron chi connectivity index (χ0n) is 11.9. The van der Waals surface area contributed by atoms with Crippen LogP contribution in [0.25, 0.3) is 23.1 Å². The van der Waals surface area contributed by atoms with Crippen molar-refractivity contribution in [3.8, 4) is 0 Å². The third-order valence-corrected chi connectivity index (χ3v) is 3.19. The lowest BCUT2D eigenvalue weighted by Crippen LogP contribution is -2.02. The normalized spacial score (nSPS) is 11.3. The first kappa shape index (κ1) is 13.5. The highest BCUT2D eigenvalue weighted by Crippen LogP contribution is 2.21. The van der Waals surface area contributed by atoms with Crippen LogP contribution < -0.4 is 5.32 Å². The Morgan fingerprint density at radius 2 is 1.95 bits per heavy atom. The maximum atomic E-state index is 5.76. The molecule has 106 valence electrons. The number of ether oxygens (including phenoxy) is 1. The van der Waals surface area contributed by atoms with Crippen molar-refractivity contribution in [2.24, 2.45) is 0 Å². The van der Waals surface area contributed by atoms with Gasteiger partial charge in [-0.1, -0.05) is 36.4 Å². The van der Waals surface area contributed by atoms with Crippen molar-refractivity contribution in [1.82, 2.24) is 0 Å². The summed E-state index contributed by atoms with van der Waals surface area (Å²) in [5.41, 5.74) is 3.05. The Morgan fingerprint density at radius 1 is 1.05 bits per heavy atom. The Morgan fingerprint density at radius 3 is 2.81 bits per heavy atom. The van der Waals surface area contributed by atoms with E-state index in [4.69, 9.17) is 9.15 Å². The predicted octanol–water partition coefficient (Wildman–Crippen LogP) is 4.62. The van der Waals surface area contributed by atoms with Gasteiger partial charge in [-0.3, -0.25) is 0 Å². The Bertz CT molecular complexity index is 726. The van der Waals surface area contributed by atoms with Gasteiger partial charge >= 0.3 is 0 Å². The van der Waals surface area contributed by atoms with Crippen molar-refractivity contribution >= 4 is 28.8 Å². The van der Waals surface area contributed by atoms with Crippen molar-refractivity contribution in [3.05, 3.63) is 65.9 Å². The van der Waals surface area contributed by atoms with Crippen LogP contribution in [0.4, 0.5) is 5.69 Å². The second kappa shape index (κ2) is 6.29. The van der Waals surface area contributed by atoms with Gasteiger partial charge in [-0.2, -0.15) is 0 Å². The predicted molar refractivity (Wildman–Crippen MR) is 87.1 cm³/mol. The molecule has 0 unspecified atom stereocenters. The Hall–Kier alpha value is -2.52. The summed E-state index contributed by atoms with van der Waals surface area (Å²) in [6, 6.07) is 18.2. The smallest absolute Gasteiger partial charge is 0.134 e. The SMILES string of the molecule is COCNc1cccc(/C=C/c2cc3ccccc3o2)c1. The molecule has 1 N–H and O–H groups in total. The summed E-state index contributed by atoms with van der Waals surface area (Å²) >= 11 is 0. The molecule has 3 heteroatoms. The Kier molecular flexibility index (Phi) is 4.03. The second-order valence-electron chi connectivity index (χ2n) is 4.76. The quantitative estimate of drug-likeness (QED) is 0.692. The lowest BCUT2D eigenvalue weighted by atomic mass is 10.2. The number of methoxy groups -OCH3 is 1. The van der Waals surface area contributed by atoms with Crippen molar-refractivity contribution in [3.63, 3.8) is 0 Å². The number of benzene rings is 2. The summed E-state index contributed by atoms with van der Waals surface area (Å²) in [5.74, 6) is 0.853. The second-order valence-corrected chi connectivity index (χ2v) is 4.76. The Labute approximate surface area is 123 Å². The van der Waals surface area contributed by atoms with Gasteiger partial charge < -0.3 is 14.5 Å². The number of para-hydroxylation sites is 1. The minimum atomic E-state index is 0.497. The number of fused-ring (bicyclic) bond motifs is 1. The summed E-state index contributed by atoms with van der Waals surface area (Å²) in [7, 11) is 1.67. The lowest BCUT2D eigenvalue weighted by Gasteiger charge is -2.05. The molecule has 0 atom stereocenters. The van der Waals surface area contributed by atoms with Gasteiger partial charge in [0, 0.05) is 18.2 Å². The molecule has 0 saturated carbocycles. The summed E-state index contributed by atoms with van der Waals surface area (Å²) in [6.07, 6.45) is 4.02. The van der Waals surface area contributed by atoms with Crippen LogP contribution in [-0.4, -0.2) is 13.8 Å². The number of anilines is 1. The number of rotatable bonds is 5. The molecule has 0 radical (unpaired) electrons. The molecule has 0 aliphatic carbocycles. The van der Waals surface area contributed by atoms with Gasteiger partial charge in [0.1, 0.15) is 18.1 Å². The molecule has 3 nitrogen and oxygen atoms in total. The van der Waals surface area contributed by atoms with E-state index in [1.54, 1.807) is 7.11 Å². The highest BCUT2D eigenvalue weighted by Gasteiger charge is 1.99. The van der Waals surface area contributed by atoms with Gasteiger partial charge in [-0.15, -0.1) is 0 Å². The Balaban J connectivity index is 1.78. The standard InChI is InChI=1S/C18H17NO2/c1-20-13-19-16-7-4-5-14(11-16)9-10-17-12-15-6-2-3-8-18(15)21-17/h2-12,19H,13H2,1H3/b10-9+. The molecule has 0 aliphatic rings. The molecular formula is C18H17NO2. The largest absolute Gasteiger partial charge is 0.457 e. The fraction of sp³-hybridized carbons (Fsp3) is 0.111. The highest BCUT2D eigenvalue weighted by molar-refractivity contribution is 5.81. The van der Waals surface area contributed by atoms with E-state index in [-0.39, 0.29) is 0 Å². The van der Waals surface area contributed by atoms with E-state index >= 15 is 0 Å². The first-order chi connectivity index (χ1) is 10.3. The molecule has 2 aromatic carbocycles. The van der Waals surface area contributed by atoms with Gasteiger partial charge in [0.25, 0.3) is 0 Å². The molecule has 1 aromatic heterocycles. The van der Waals surface area contributed by atoms with E-state index in [0.29, 0.717) is 6.73 Å². The van der Waals surface area contributed by atoms with E-state index in [2.05, 4.69) is 17.4 Å². The lowest BCUT2D eigenvalue weighted by molar-refractivity contribution is 0.221. The molecule has 0 saturated heterocycles. The maximum absolute atomic E-state index is 5.76. The molecular weight excluding hydrogens is 262 g/mol. The maximum Gasteiger partial charge on any atom is 0.134 e. The number of nitrogens with one attached hydrogen (secondary N) is 1. The van der Waals surface area contributed by atoms with Crippen LogP contribution in [0.2, 0.25) is 0 Å². The van der Waals surface area contributed by atoms with Crippen LogP contribution in [-0.2, 0) is 4.74 Å². The van der Waals surface area contributed by atoms with Gasteiger partial charge in [0.15, 0.2) is 0 Å². The first-order valence-electron chi connectivity index (χ1n) is 6.85. The van der Waals surface area contributed by atoms with Gasteiger partial charge in [0.05, 0.1) is 0 Å². The number of furan rings is 1. The van der Waals surface area contributed by atoms with Gasteiger partial charge in [0.2, 0.25) is 0 Å². The van der Waals surface area contributed by atoms with Crippen molar-refractivity contribution < 1.29 is 9.15 Å². The third-order valence-electron chi connectivity index (χ3n) is 3.19. The van der Waals surface area contributed by atoms with Crippen LogP contribution in [0, 0.1) is 0 Å². The third kappa shape index (κ3) is 3.33. The van der Waals surface area contributed by atoms with Gasteiger partial charge in [-0.05, 0) is 35.9 Å². The zero-order chi connectivity index (χ0) is 14.5. The molecule has 3 aromatic rings. The van der Waals surface area contributed by atoms with Crippen LogP contribution in [0.1, 0.15) is 11.3 Å². The van der Waals surface area contributed by atoms with E-state index in [1.807, 2.05) is 54.6 Å². The highest BCUT2D eigenvalue weighted by atomic mass is 16.5. The van der Waals surface area contributed by atoms with Crippen molar-refractivity contribution in [1.29, 1.82) is 0 Å². The summed E-state index contributed by atoms with van der Waals surface area (Å²) in [6.45, 7) is 0.497. The van der Waals surface area contributed by atoms with E-state index in [9.17, 15) is 0 Å².